The van der Waals surface area contributed by atoms with Crippen molar-refractivity contribution in [1.29, 1.82) is 0 Å². The summed E-state index contributed by atoms with van der Waals surface area (Å²) in [5.74, 6) is 2.74. The van der Waals surface area contributed by atoms with E-state index in [1.807, 2.05) is 72.8 Å². The van der Waals surface area contributed by atoms with Gasteiger partial charge in [-0.1, -0.05) is 60.3 Å². The molecule has 0 aliphatic rings. The number of nitrogens with zero attached hydrogens (tertiary/aromatic N) is 3. The lowest BCUT2D eigenvalue weighted by molar-refractivity contribution is 0.126. The number of aromatic nitrogens is 3. The second kappa shape index (κ2) is 10.8. The van der Waals surface area contributed by atoms with Crippen molar-refractivity contribution in [3.05, 3.63) is 96.3 Å². The number of hydrogen-bond acceptors (Lipinski definition) is 6. The minimum atomic E-state index is -0.652. The number of hydrogen-bond donors (Lipinski definition) is 1. The second-order valence-electron chi connectivity index (χ2n) is 7.18. The number of methoxy groups -OCH3 is 1. The third-order valence-electron chi connectivity index (χ3n) is 4.83. The molecule has 7 heteroatoms. The van der Waals surface area contributed by atoms with E-state index in [9.17, 15) is 5.11 Å². The van der Waals surface area contributed by atoms with Gasteiger partial charge in [-0.15, -0.1) is 10.2 Å². The number of thioether (sulfide) groups is 1. The van der Waals surface area contributed by atoms with E-state index in [0.717, 1.165) is 22.4 Å². The van der Waals surface area contributed by atoms with Crippen LogP contribution in [0.4, 0.5) is 0 Å². The van der Waals surface area contributed by atoms with Gasteiger partial charge in [0.15, 0.2) is 5.16 Å². The standard InChI is InChI=1S/C25H25N3O3S/c1-30-22-12-14-23(15-13-22)31-17-21(29)18-32-25-27-26-24(16-19-8-4-2-5-9-19)28(25)20-10-6-3-7-11-20/h2-15,21,29H,16-18H2,1H3/t21-/m1/s1. The van der Waals surface area contributed by atoms with Crippen molar-refractivity contribution >= 4 is 11.8 Å². The molecule has 0 saturated carbocycles. The summed E-state index contributed by atoms with van der Waals surface area (Å²) >= 11 is 1.46. The molecule has 164 valence electrons. The van der Waals surface area contributed by atoms with Crippen LogP contribution in [0.25, 0.3) is 5.69 Å². The van der Waals surface area contributed by atoms with Crippen molar-refractivity contribution in [1.82, 2.24) is 14.8 Å². The number of aliphatic hydroxyl groups excluding tert-OH is 1. The topological polar surface area (TPSA) is 69.4 Å². The first-order chi connectivity index (χ1) is 15.7. The quantitative estimate of drug-likeness (QED) is 0.364. The van der Waals surface area contributed by atoms with Crippen LogP contribution in [0.2, 0.25) is 0 Å². The Balaban J connectivity index is 1.43. The molecule has 4 rings (SSSR count). The lowest BCUT2D eigenvalue weighted by Gasteiger charge is -2.13. The Bertz CT molecular complexity index is 1100. The molecule has 0 aliphatic carbocycles. The Morgan fingerprint density at radius 1 is 0.875 bits per heavy atom. The van der Waals surface area contributed by atoms with Crippen LogP contribution in [-0.2, 0) is 6.42 Å². The summed E-state index contributed by atoms with van der Waals surface area (Å²) in [6, 6.07) is 27.5. The number of rotatable bonds is 10. The molecule has 3 aromatic carbocycles. The van der Waals surface area contributed by atoms with E-state index in [1.165, 1.54) is 17.3 Å². The molecule has 0 radical (unpaired) electrons. The normalized spacial score (nSPS) is 11.8. The predicted molar refractivity (Wildman–Crippen MR) is 126 cm³/mol. The molecular weight excluding hydrogens is 422 g/mol. The fraction of sp³-hybridized carbons (Fsp3) is 0.200. The Kier molecular flexibility index (Phi) is 7.42. The molecule has 1 aromatic heterocycles. The van der Waals surface area contributed by atoms with Crippen LogP contribution < -0.4 is 9.47 Å². The van der Waals surface area contributed by atoms with Crippen LogP contribution in [0.5, 0.6) is 11.5 Å². The summed E-state index contributed by atoms with van der Waals surface area (Å²) in [5, 5.41) is 20.0. The minimum absolute atomic E-state index is 0.190. The van der Waals surface area contributed by atoms with Crippen molar-refractivity contribution in [2.24, 2.45) is 0 Å². The van der Waals surface area contributed by atoms with Crippen LogP contribution in [-0.4, -0.2) is 45.4 Å². The van der Waals surface area contributed by atoms with Gasteiger partial charge in [-0.05, 0) is 42.0 Å². The van der Waals surface area contributed by atoms with Crippen molar-refractivity contribution in [3.63, 3.8) is 0 Å². The Labute approximate surface area is 191 Å². The zero-order valence-electron chi connectivity index (χ0n) is 17.8. The van der Waals surface area contributed by atoms with Gasteiger partial charge in [0.25, 0.3) is 0 Å². The second-order valence-corrected chi connectivity index (χ2v) is 8.17. The molecule has 6 nitrogen and oxygen atoms in total. The molecule has 0 bridgehead atoms. The molecular formula is C25H25N3O3S. The van der Waals surface area contributed by atoms with Crippen LogP contribution in [0.1, 0.15) is 11.4 Å². The molecule has 0 fully saturated rings. The fourth-order valence-electron chi connectivity index (χ4n) is 3.21. The number of aliphatic hydroxyl groups is 1. The highest BCUT2D eigenvalue weighted by Gasteiger charge is 2.17. The highest BCUT2D eigenvalue weighted by molar-refractivity contribution is 7.99. The van der Waals surface area contributed by atoms with Crippen molar-refractivity contribution in [3.8, 4) is 17.2 Å². The summed E-state index contributed by atoms with van der Waals surface area (Å²) in [6.07, 6.45) is 0.0208. The van der Waals surface area contributed by atoms with E-state index in [4.69, 9.17) is 9.47 Å². The molecule has 1 atom stereocenters. The lowest BCUT2D eigenvalue weighted by atomic mass is 10.1. The molecule has 0 saturated heterocycles. The van der Waals surface area contributed by atoms with Crippen LogP contribution >= 0.6 is 11.8 Å². The largest absolute Gasteiger partial charge is 0.497 e. The van der Waals surface area contributed by atoms with E-state index in [2.05, 4.69) is 26.9 Å². The van der Waals surface area contributed by atoms with E-state index in [-0.39, 0.29) is 6.61 Å². The third kappa shape index (κ3) is 5.69. The van der Waals surface area contributed by atoms with E-state index in [0.29, 0.717) is 17.9 Å². The highest BCUT2D eigenvalue weighted by Crippen LogP contribution is 2.24. The van der Waals surface area contributed by atoms with Crippen molar-refractivity contribution < 1.29 is 14.6 Å². The maximum absolute atomic E-state index is 10.4. The Hall–Kier alpha value is -3.29. The molecule has 0 amide bonds. The number of benzene rings is 3. The van der Waals surface area contributed by atoms with Gasteiger partial charge in [-0.25, -0.2) is 0 Å². The minimum Gasteiger partial charge on any atom is -0.497 e. The van der Waals surface area contributed by atoms with Gasteiger partial charge in [0.05, 0.1) is 13.2 Å². The molecule has 32 heavy (non-hydrogen) atoms. The average molecular weight is 448 g/mol. The zero-order valence-corrected chi connectivity index (χ0v) is 18.6. The molecule has 4 aromatic rings. The maximum Gasteiger partial charge on any atom is 0.195 e. The van der Waals surface area contributed by atoms with Crippen LogP contribution in [0.3, 0.4) is 0 Å². The van der Waals surface area contributed by atoms with Gasteiger partial charge in [-0.2, -0.15) is 0 Å². The summed E-state index contributed by atoms with van der Waals surface area (Å²) in [7, 11) is 1.62. The summed E-state index contributed by atoms with van der Waals surface area (Å²) in [4.78, 5) is 0. The van der Waals surface area contributed by atoms with Crippen LogP contribution in [0.15, 0.2) is 90.1 Å². The van der Waals surface area contributed by atoms with Gasteiger partial charge in [0.1, 0.15) is 23.9 Å². The first-order valence-corrected chi connectivity index (χ1v) is 11.3. The molecule has 1 heterocycles. The highest BCUT2D eigenvalue weighted by atomic mass is 32.2. The van der Waals surface area contributed by atoms with Gasteiger partial charge in [0, 0.05) is 17.9 Å². The van der Waals surface area contributed by atoms with E-state index < -0.39 is 6.10 Å². The first-order valence-electron chi connectivity index (χ1n) is 10.3. The SMILES string of the molecule is COc1ccc(OC[C@@H](O)CSc2nnc(Cc3ccccc3)n2-c2ccccc2)cc1. The van der Waals surface area contributed by atoms with Gasteiger partial charge in [0.2, 0.25) is 0 Å². The van der Waals surface area contributed by atoms with Gasteiger partial charge in [-0.3, -0.25) is 4.57 Å². The predicted octanol–water partition coefficient (Wildman–Crippen LogP) is 4.40. The van der Waals surface area contributed by atoms with Crippen LogP contribution in [0, 0.1) is 0 Å². The summed E-state index contributed by atoms with van der Waals surface area (Å²) in [5.41, 5.74) is 2.16. The first kappa shape index (κ1) is 21.9. The Morgan fingerprint density at radius 2 is 1.53 bits per heavy atom. The van der Waals surface area contributed by atoms with Gasteiger partial charge >= 0.3 is 0 Å². The van der Waals surface area contributed by atoms with E-state index >= 15 is 0 Å². The smallest absolute Gasteiger partial charge is 0.195 e. The number of ether oxygens (including phenoxy) is 2. The number of para-hydroxylation sites is 1. The van der Waals surface area contributed by atoms with Gasteiger partial charge < -0.3 is 14.6 Å². The Morgan fingerprint density at radius 3 is 2.22 bits per heavy atom. The van der Waals surface area contributed by atoms with Crippen molar-refractivity contribution in [2.45, 2.75) is 17.7 Å². The molecule has 1 N–H and O–H groups in total. The zero-order chi connectivity index (χ0) is 22.2. The molecule has 0 spiro atoms. The summed E-state index contributed by atoms with van der Waals surface area (Å²) in [6.45, 7) is 0.190. The third-order valence-corrected chi connectivity index (χ3v) is 5.90. The average Bonchev–Trinajstić information content (AvgIpc) is 3.25. The summed E-state index contributed by atoms with van der Waals surface area (Å²) < 4.78 is 12.9. The lowest BCUT2D eigenvalue weighted by Crippen LogP contribution is -2.20. The monoisotopic (exact) mass is 447 g/mol. The van der Waals surface area contributed by atoms with Crippen molar-refractivity contribution in [2.75, 3.05) is 19.5 Å². The maximum atomic E-state index is 10.4. The molecule has 0 aliphatic heterocycles. The van der Waals surface area contributed by atoms with E-state index in [1.54, 1.807) is 7.11 Å². The molecule has 0 unspecified atom stereocenters. The fourth-order valence-corrected chi connectivity index (χ4v) is 4.08.